The third kappa shape index (κ3) is 7.47. The molecule has 0 spiro atoms. The number of nitrogens with zero attached hydrogens (tertiary/aromatic N) is 3. The number of thiophene rings is 1. The van der Waals surface area contributed by atoms with Crippen molar-refractivity contribution in [3.05, 3.63) is 22.1 Å². The summed E-state index contributed by atoms with van der Waals surface area (Å²) in [5.41, 5.74) is 2.29. The van der Waals surface area contributed by atoms with Crippen LogP contribution in [0.5, 0.6) is 0 Å². The van der Waals surface area contributed by atoms with Crippen LogP contribution < -0.4 is 22.4 Å². The number of likely N-dealkylation sites (tertiary alicyclic amines) is 1. The number of carbonyl (C=O) groups excluding carboxylic acids is 1. The van der Waals surface area contributed by atoms with E-state index in [1.165, 1.54) is 6.07 Å². The molecule has 2 rings (SSSR count). The zero-order valence-corrected chi connectivity index (χ0v) is 21.2. The first-order valence-corrected chi connectivity index (χ1v) is 12.3. The van der Waals surface area contributed by atoms with Gasteiger partial charge in [-0.15, -0.1) is 11.3 Å². The van der Waals surface area contributed by atoms with Gasteiger partial charge in [-0.2, -0.15) is 9.49 Å². The van der Waals surface area contributed by atoms with Gasteiger partial charge < -0.3 is 26.4 Å². The lowest BCUT2D eigenvalue weighted by Gasteiger charge is -2.44. The molecule has 2 heterocycles. The third-order valence-corrected chi connectivity index (χ3v) is 7.10. The van der Waals surface area contributed by atoms with Crippen molar-refractivity contribution in [3.8, 4) is 0 Å². The molecule has 0 aliphatic carbocycles. The van der Waals surface area contributed by atoms with Gasteiger partial charge in [0.2, 0.25) is 5.91 Å². The summed E-state index contributed by atoms with van der Waals surface area (Å²) in [6.45, 7) is 9.40. The lowest BCUT2D eigenvalue weighted by Crippen LogP contribution is -2.53. The van der Waals surface area contributed by atoms with Crippen LogP contribution in [0.2, 0.25) is 0 Å². The molecule has 10 nitrogen and oxygen atoms in total. The van der Waals surface area contributed by atoms with Crippen molar-refractivity contribution in [3.63, 3.8) is 0 Å². The van der Waals surface area contributed by atoms with E-state index in [1.807, 2.05) is 13.8 Å². The minimum atomic E-state index is -0.341. The molecule has 3 unspecified atom stereocenters. The molecule has 1 aromatic rings. The van der Waals surface area contributed by atoms with Gasteiger partial charge in [0.25, 0.3) is 0 Å². The van der Waals surface area contributed by atoms with E-state index >= 15 is 0 Å². The van der Waals surface area contributed by atoms with Crippen molar-refractivity contribution in [1.82, 2.24) is 20.5 Å². The van der Waals surface area contributed by atoms with Gasteiger partial charge in [-0.05, 0) is 51.8 Å². The first kappa shape index (κ1) is 27.7. The number of halogens is 1. The van der Waals surface area contributed by atoms with Crippen molar-refractivity contribution >= 4 is 34.8 Å². The second-order valence-electron chi connectivity index (χ2n) is 9.01. The smallest absolute Gasteiger partial charge is 0.228 e. The fourth-order valence-electron chi connectivity index (χ4n) is 4.21. The quantitative estimate of drug-likeness (QED) is 0.120. The summed E-state index contributed by atoms with van der Waals surface area (Å²) in [4.78, 5) is 17.4. The topological polar surface area (TPSA) is 160 Å². The van der Waals surface area contributed by atoms with Crippen LogP contribution in [0, 0.1) is 21.9 Å². The van der Waals surface area contributed by atoms with E-state index in [9.17, 15) is 9.18 Å². The highest BCUT2D eigenvalue weighted by molar-refractivity contribution is 7.10. The summed E-state index contributed by atoms with van der Waals surface area (Å²) in [5.74, 6) is 11.3. The van der Waals surface area contributed by atoms with Crippen molar-refractivity contribution in [1.29, 1.82) is 10.8 Å². The SMILES string of the molecule is CC(=N)N(C(=N)C(C)C)C(C)CC1CCN1CCC(NC(=O)C/C(=N/N)NN)c1ccc(F)s1. The number of nitrogens with two attached hydrogens (primary N) is 2. The maximum Gasteiger partial charge on any atom is 0.228 e. The summed E-state index contributed by atoms with van der Waals surface area (Å²) in [7, 11) is 0. The summed E-state index contributed by atoms with van der Waals surface area (Å²) in [6, 6.07) is 3.14. The number of amides is 1. The van der Waals surface area contributed by atoms with Gasteiger partial charge in [0.05, 0.1) is 18.3 Å². The van der Waals surface area contributed by atoms with Crippen LogP contribution in [-0.2, 0) is 4.79 Å². The summed E-state index contributed by atoms with van der Waals surface area (Å²) in [6.07, 6.45) is 2.42. The second kappa shape index (κ2) is 12.8. The minimum absolute atomic E-state index is 0.0415. The van der Waals surface area contributed by atoms with Crippen molar-refractivity contribution in [2.45, 2.75) is 71.5 Å². The second-order valence-corrected chi connectivity index (χ2v) is 10.1. The average molecular weight is 496 g/mol. The van der Waals surface area contributed by atoms with Gasteiger partial charge >= 0.3 is 0 Å². The molecule has 12 heteroatoms. The van der Waals surface area contributed by atoms with Gasteiger partial charge in [0.15, 0.2) is 5.13 Å². The lowest BCUT2D eigenvalue weighted by molar-refractivity contribution is -0.120. The molecule has 3 atom stereocenters. The maximum atomic E-state index is 13.7. The van der Waals surface area contributed by atoms with Crippen molar-refractivity contribution in [2.75, 3.05) is 13.1 Å². The van der Waals surface area contributed by atoms with Crippen molar-refractivity contribution in [2.24, 2.45) is 22.7 Å². The molecule has 1 aliphatic heterocycles. The molecule has 1 aromatic heterocycles. The maximum absolute atomic E-state index is 13.7. The molecule has 0 aromatic carbocycles. The van der Waals surface area contributed by atoms with Gasteiger partial charge in [-0.1, -0.05) is 13.8 Å². The van der Waals surface area contributed by atoms with E-state index in [2.05, 4.69) is 27.7 Å². The van der Waals surface area contributed by atoms with E-state index in [1.54, 1.807) is 17.9 Å². The number of rotatable bonds is 11. The third-order valence-electron chi connectivity index (χ3n) is 6.12. The Morgan fingerprint density at radius 2 is 2.09 bits per heavy atom. The monoisotopic (exact) mass is 495 g/mol. The zero-order valence-electron chi connectivity index (χ0n) is 20.4. The fourth-order valence-corrected chi connectivity index (χ4v) is 5.03. The number of hydrogen-bond donors (Lipinski definition) is 6. The van der Waals surface area contributed by atoms with Gasteiger partial charge in [0.1, 0.15) is 11.7 Å². The van der Waals surface area contributed by atoms with E-state index in [-0.39, 0.29) is 41.3 Å². The van der Waals surface area contributed by atoms with Crippen LogP contribution in [0.3, 0.4) is 0 Å². The molecule has 190 valence electrons. The molecule has 0 bridgehead atoms. The molecular formula is C22H38FN9OS. The molecule has 8 N–H and O–H groups in total. The fraction of sp³-hybridized carbons (Fsp3) is 0.636. The summed E-state index contributed by atoms with van der Waals surface area (Å²) in [5, 5.41) is 22.6. The molecule has 1 fully saturated rings. The highest BCUT2D eigenvalue weighted by Crippen LogP contribution is 2.29. The molecule has 1 saturated heterocycles. The number of carbonyl (C=O) groups is 1. The highest BCUT2D eigenvalue weighted by atomic mass is 32.1. The normalized spacial score (nSPS) is 18.2. The van der Waals surface area contributed by atoms with Crippen LogP contribution in [-0.4, -0.2) is 58.4 Å². The van der Waals surface area contributed by atoms with Crippen LogP contribution in [0.4, 0.5) is 4.39 Å². The van der Waals surface area contributed by atoms with E-state index in [4.69, 9.17) is 22.5 Å². The van der Waals surface area contributed by atoms with Crippen molar-refractivity contribution < 1.29 is 9.18 Å². The predicted octanol–water partition coefficient (Wildman–Crippen LogP) is 2.35. The average Bonchev–Trinajstić information content (AvgIpc) is 3.20. The molecule has 1 amide bonds. The Labute approximate surface area is 204 Å². The van der Waals surface area contributed by atoms with Gasteiger partial charge in [-0.25, -0.2) is 5.84 Å². The van der Waals surface area contributed by atoms with E-state index < -0.39 is 0 Å². The first-order valence-electron chi connectivity index (χ1n) is 11.5. The number of nitrogens with one attached hydrogen (secondary N) is 4. The minimum Gasteiger partial charge on any atom is -0.348 e. The number of amidine groups is 3. The van der Waals surface area contributed by atoms with Crippen LogP contribution in [0.1, 0.15) is 64.3 Å². The van der Waals surface area contributed by atoms with Crippen LogP contribution in [0.25, 0.3) is 0 Å². The van der Waals surface area contributed by atoms with Crippen LogP contribution >= 0.6 is 11.3 Å². The lowest BCUT2D eigenvalue weighted by atomic mass is 9.94. The van der Waals surface area contributed by atoms with E-state index in [0.29, 0.717) is 24.1 Å². The summed E-state index contributed by atoms with van der Waals surface area (Å²) >= 11 is 1.02. The van der Waals surface area contributed by atoms with Crippen LogP contribution in [0.15, 0.2) is 17.2 Å². The summed E-state index contributed by atoms with van der Waals surface area (Å²) < 4.78 is 13.7. The zero-order chi connectivity index (χ0) is 25.4. The van der Waals surface area contributed by atoms with Gasteiger partial charge in [-0.3, -0.25) is 15.6 Å². The Kier molecular flexibility index (Phi) is 10.4. The Morgan fingerprint density at radius 3 is 2.56 bits per heavy atom. The Hall–Kier alpha value is -2.57. The Balaban J connectivity index is 1.99. The number of hydrogen-bond acceptors (Lipinski definition) is 8. The Morgan fingerprint density at radius 1 is 1.38 bits per heavy atom. The largest absolute Gasteiger partial charge is 0.348 e. The molecule has 0 radical (unpaired) electrons. The van der Waals surface area contributed by atoms with E-state index in [0.717, 1.165) is 42.1 Å². The van der Waals surface area contributed by atoms with Gasteiger partial charge in [0, 0.05) is 29.4 Å². The molecule has 0 saturated carbocycles. The standard InChI is InChI=1S/C22H38FN9OS/c1-13(2)22(25)32(15(4)24)14(3)11-16-7-9-31(16)10-8-17(18-5-6-19(23)34-18)28-21(33)12-20(29-26)30-27/h5-6,13-14,16-17,24-25H,7-12,26-27H2,1-4H3,(H,28,33)(H,29,30). The number of hydrazone groups is 1. The first-order chi connectivity index (χ1) is 16.1. The molecule has 1 aliphatic rings. The highest BCUT2D eigenvalue weighted by Gasteiger charge is 2.33. The predicted molar refractivity (Wildman–Crippen MR) is 135 cm³/mol. The molecule has 34 heavy (non-hydrogen) atoms. The molecular weight excluding hydrogens is 457 g/mol. The number of hydrazine groups is 1. The Bertz CT molecular complexity index is 887.